The van der Waals surface area contributed by atoms with E-state index in [1.807, 2.05) is 0 Å². The van der Waals surface area contributed by atoms with E-state index in [1.165, 1.54) is 0 Å². The summed E-state index contributed by atoms with van der Waals surface area (Å²) in [5.74, 6) is -0.641. The molecular weight excluding hydrogens is 313 g/mol. The van der Waals surface area contributed by atoms with Crippen molar-refractivity contribution in [2.45, 2.75) is 19.1 Å². The standard InChI is InChI=1S/C11H8BrF3N2O/c12-8-4-2-1-3-7(8)6-17-10(18)5-9(16-17)11(13,14)15/h1-4H,5-6H2. The zero-order valence-corrected chi connectivity index (χ0v) is 10.6. The molecule has 1 amide bonds. The van der Waals surface area contributed by atoms with E-state index in [4.69, 9.17) is 0 Å². The van der Waals surface area contributed by atoms with E-state index in [0.717, 1.165) is 9.48 Å². The average molecular weight is 321 g/mol. The molecule has 0 N–H and O–H groups in total. The molecule has 1 aromatic carbocycles. The van der Waals surface area contributed by atoms with Gasteiger partial charge in [-0.25, -0.2) is 5.01 Å². The second kappa shape index (κ2) is 4.72. The number of amides is 1. The van der Waals surface area contributed by atoms with Crippen molar-refractivity contribution in [3.05, 3.63) is 34.3 Å². The van der Waals surface area contributed by atoms with Crippen LogP contribution >= 0.6 is 15.9 Å². The highest BCUT2D eigenvalue weighted by molar-refractivity contribution is 9.10. The predicted octanol–water partition coefficient (Wildman–Crippen LogP) is 3.10. The van der Waals surface area contributed by atoms with Crippen LogP contribution in [0, 0.1) is 0 Å². The summed E-state index contributed by atoms with van der Waals surface area (Å²) in [6.45, 7) is 0.0276. The van der Waals surface area contributed by atoms with Gasteiger partial charge in [0.15, 0.2) is 5.71 Å². The summed E-state index contributed by atoms with van der Waals surface area (Å²) < 4.78 is 37.9. The maximum Gasteiger partial charge on any atom is 0.431 e. The number of hydrogen-bond donors (Lipinski definition) is 0. The Morgan fingerprint density at radius 2 is 2.00 bits per heavy atom. The van der Waals surface area contributed by atoms with Gasteiger partial charge in [-0.3, -0.25) is 4.79 Å². The van der Waals surface area contributed by atoms with Crippen LogP contribution in [0.2, 0.25) is 0 Å². The second-order valence-corrected chi connectivity index (χ2v) is 4.62. The predicted molar refractivity (Wildman–Crippen MR) is 62.8 cm³/mol. The van der Waals surface area contributed by atoms with Gasteiger partial charge in [0.1, 0.15) is 0 Å². The number of carbonyl (C=O) groups excluding carboxylic acids is 1. The molecule has 1 aromatic rings. The van der Waals surface area contributed by atoms with Gasteiger partial charge in [0, 0.05) is 4.47 Å². The molecule has 0 bridgehead atoms. The molecule has 1 aliphatic rings. The van der Waals surface area contributed by atoms with Gasteiger partial charge < -0.3 is 0 Å². The lowest BCUT2D eigenvalue weighted by atomic mass is 10.2. The highest BCUT2D eigenvalue weighted by atomic mass is 79.9. The van der Waals surface area contributed by atoms with Gasteiger partial charge in [0.05, 0.1) is 13.0 Å². The Balaban J connectivity index is 2.18. The summed E-state index contributed by atoms with van der Waals surface area (Å²) in [4.78, 5) is 11.4. The largest absolute Gasteiger partial charge is 0.431 e. The number of benzene rings is 1. The van der Waals surface area contributed by atoms with Crippen molar-refractivity contribution in [3.8, 4) is 0 Å². The highest BCUT2D eigenvalue weighted by Crippen LogP contribution is 2.26. The fourth-order valence-corrected chi connectivity index (χ4v) is 1.95. The Bertz CT molecular complexity index is 513. The van der Waals surface area contributed by atoms with Gasteiger partial charge >= 0.3 is 6.18 Å². The maximum atomic E-state index is 12.4. The van der Waals surface area contributed by atoms with Crippen LogP contribution in [0.1, 0.15) is 12.0 Å². The van der Waals surface area contributed by atoms with Crippen molar-refractivity contribution in [2.24, 2.45) is 5.10 Å². The monoisotopic (exact) mass is 320 g/mol. The molecule has 7 heteroatoms. The molecule has 2 rings (SSSR count). The summed E-state index contributed by atoms with van der Waals surface area (Å²) >= 11 is 3.27. The quantitative estimate of drug-likeness (QED) is 0.824. The second-order valence-electron chi connectivity index (χ2n) is 3.76. The molecule has 0 fully saturated rings. The van der Waals surface area contributed by atoms with Crippen molar-refractivity contribution < 1.29 is 18.0 Å². The van der Waals surface area contributed by atoms with E-state index in [-0.39, 0.29) is 6.54 Å². The summed E-state index contributed by atoms with van der Waals surface area (Å²) in [6, 6.07) is 7.00. The molecular formula is C11H8BrF3N2O. The van der Waals surface area contributed by atoms with E-state index in [1.54, 1.807) is 24.3 Å². The van der Waals surface area contributed by atoms with Crippen LogP contribution in [0.4, 0.5) is 13.2 Å². The minimum Gasteiger partial charge on any atom is -0.273 e. The number of hydrazone groups is 1. The first-order valence-corrected chi connectivity index (χ1v) is 5.85. The summed E-state index contributed by atoms with van der Waals surface area (Å²) in [6.07, 6.45) is -5.23. The maximum absolute atomic E-state index is 12.4. The molecule has 0 saturated carbocycles. The zero-order chi connectivity index (χ0) is 13.3. The SMILES string of the molecule is O=C1CC(C(F)(F)F)=NN1Cc1ccccc1Br. The number of halogens is 4. The lowest BCUT2D eigenvalue weighted by molar-refractivity contribution is -0.129. The molecule has 0 aromatic heterocycles. The Kier molecular flexibility index (Phi) is 3.43. The summed E-state index contributed by atoms with van der Waals surface area (Å²) in [7, 11) is 0. The zero-order valence-electron chi connectivity index (χ0n) is 9.04. The van der Waals surface area contributed by atoms with Gasteiger partial charge in [-0.15, -0.1) is 0 Å². The molecule has 1 heterocycles. The van der Waals surface area contributed by atoms with Crippen LogP contribution in [0.15, 0.2) is 33.8 Å². The molecule has 0 radical (unpaired) electrons. The third kappa shape index (κ3) is 2.72. The molecule has 0 saturated heterocycles. The average Bonchev–Trinajstić information content (AvgIpc) is 2.63. The fraction of sp³-hybridized carbons (Fsp3) is 0.273. The van der Waals surface area contributed by atoms with Crippen LogP contribution in [0.5, 0.6) is 0 Å². The topological polar surface area (TPSA) is 32.7 Å². The molecule has 0 unspecified atom stereocenters. The van der Waals surface area contributed by atoms with Gasteiger partial charge in [0.25, 0.3) is 0 Å². The number of hydrogen-bond acceptors (Lipinski definition) is 2. The minimum atomic E-state index is -4.54. The van der Waals surface area contributed by atoms with Crippen molar-refractivity contribution in [2.75, 3.05) is 0 Å². The smallest absolute Gasteiger partial charge is 0.273 e. The normalized spacial score (nSPS) is 16.1. The molecule has 3 nitrogen and oxygen atoms in total. The van der Waals surface area contributed by atoms with E-state index in [0.29, 0.717) is 5.56 Å². The van der Waals surface area contributed by atoms with Gasteiger partial charge in [-0.05, 0) is 11.6 Å². The van der Waals surface area contributed by atoms with Crippen molar-refractivity contribution in [1.82, 2.24) is 5.01 Å². The Labute approximate surface area is 109 Å². The van der Waals surface area contributed by atoms with Crippen molar-refractivity contribution in [1.29, 1.82) is 0 Å². The Morgan fingerprint density at radius 3 is 2.56 bits per heavy atom. The van der Waals surface area contributed by atoms with Crippen LogP contribution in [0.25, 0.3) is 0 Å². The van der Waals surface area contributed by atoms with E-state index in [9.17, 15) is 18.0 Å². The first-order valence-electron chi connectivity index (χ1n) is 5.06. The molecule has 0 atom stereocenters. The molecule has 96 valence electrons. The molecule has 18 heavy (non-hydrogen) atoms. The molecule has 1 aliphatic heterocycles. The molecule has 0 spiro atoms. The van der Waals surface area contributed by atoms with Crippen LogP contribution < -0.4 is 0 Å². The van der Waals surface area contributed by atoms with Gasteiger partial charge in [-0.1, -0.05) is 34.1 Å². The fourth-order valence-electron chi connectivity index (χ4n) is 1.54. The van der Waals surface area contributed by atoms with E-state index in [2.05, 4.69) is 21.0 Å². The first-order chi connectivity index (χ1) is 8.38. The van der Waals surface area contributed by atoms with E-state index < -0.39 is 24.2 Å². The van der Waals surface area contributed by atoms with Crippen LogP contribution in [0.3, 0.4) is 0 Å². The van der Waals surface area contributed by atoms with Crippen LogP contribution in [-0.2, 0) is 11.3 Å². The van der Waals surface area contributed by atoms with Gasteiger partial charge in [0.2, 0.25) is 5.91 Å². The Morgan fingerprint density at radius 1 is 1.33 bits per heavy atom. The lowest BCUT2D eigenvalue weighted by Gasteiger charge is -2.12. The highest BCUT2D eigenvalue weighted by Gasteiger charge is 2.42. The summed E-state index contributed by atoms with van der Waals surface area (Å²) in [5.41, 5.74) is -0.336. The number of rotatable bonds is 2. The van der Waals surface area contributed by atoms with Crippen molar-refractivity contribution in [3.63, 3.8) is 0 Å². The van der Waals surface area contributed by atoms with Crippen molar-refractivity contribution >= 4 is 27.5 Å². The first kappa shape index (κ1) is 13.1. The molecule has 0 aliphatic carbocycles. The third-order valence-electron chi connectivity index (χ3n) is 2.45. The number of alkyl halides is 3. The minimum absolute atomic E-state index is 0.0276. The number of carbonyl (C=O) groups is 1. The number of nitrogens with zero attached hydrogens (tertiary/aromatic N) is 2. The Hall–Kier alpha value is -1.37. The van der Waals surface area contributed by atoms with Gasteiger partial charge in [-0.2, -0.15) is 18.3 Å². The third-order valence-corrected chi connectivity index (χ3v) is 3.23. The van der Waals surface area contributed by atoms with E-state index >= 15 is 0 Å². The van der Waals surface area contributed by atoms with Crippen LogP contribution in [-0.4, -0.2) is 22.8 Å². The lowest BCUT2D eigenvalue weighted by Crippen LogP contribution is -2.22. The summed E-state index contributed by atoms with van der Waals surface area (Å²) in [5, 5.41) is 4.18.